The minimum atomic E-state index is -0.725. The molecule has 2 unspecified atom stereocenters. The van der Waals surface area contributed by atoms with Crippen molar-refractivity contribution in [1.82, 2.24) is 9.80 Å². The van der Waals surface area contributed by atoms with Gasteiger partial charge in [-0.25, -0.2) is 0 Å². The van der Waals surface area contributed by atoms with Crippen molar-refractivity contribution in [3.05, 3.63) is 64.9 Å². The van der Waals surface area contributed by atoms with Gasteiger partial charge in [-0.1, -0.05) is 56.0 Å². The lowest BCUT2D eigenvalue weighted by molar-refractivity contribution is -0.753. The van der Waals surface area contributed by atoms with Gasteiger partial charge in [0.25, 0.3) is 0 Å². The smallest absolute Gasteiger partial charge is 0.219 e. The zero-order valence-electron chi connectivity index (χ0n) is 19.2. The van der Waals surface area contributed by atoms with Gasteiger partial charge in [0.15, 0.2) is 0 Å². The molecule has 0 aromatic heterocycles. The molecule has 3 rings (SSSR count). The third-order valence-corrected chi connectivity index (χ3v) is 6.91. The van der Waals surface area contributed by atoms with E-state index in [4.69, 9.17) is 0 Å². The number of hydrogen-bond acceptors (Lipinski definition) is 5. The van der Waals surface area contributed by atoms with E-state index in [-0.39, 0.29) is 11.0 Å². The Hall–Kier alpha value is -2.16. The number of nitrogens with one attached hydrogen (secondary N) is 1. The number of carbonyl (C=O) groups excluding carboxylic acids is 1. The molecule has 172 valence electrons. The fourth-order valence-corrected chi connectivity index (χ4v) is 5.06. The van der Waals surface area contributed by atoms with E-state index in [1.165, 1.54) is 5.56 Å². The number of quaternary nitrogens is 1. The Morgan fingerprint density at radius 3 is 2.44 bits per heavy atom. The third kappa shape index (κ3) is 6.21. The van der Waals surface area contributed by atoms with E-state index in [9.17, 15) is 15.1 Å². The normalized spacial score (nSPS) is 17.2. The molecule has 2 N–H and O–H groups in total. The summed E-state index contributed by atoms with van der Waals surface area (Å²) in [6.07, 6.45) is 2.87. The number of carbonyl (C=O) groups is 1. The predicted molar refractivity (Wildman–Crippen MR) is 130 cm³/mol. The summed E-state index contributed by atoms with van der Waals surface area (Å²) < 4.78 is 0. The van der Waals surface area contributed by atoms with Crippen LogP contribution in [-0.2, 0) is 4.79 Å². The highest BCUT2D eigenvalue weighted by Gasteiger charge is 2.22. The number of rotatable bonds is 7. The van der Waals surface area contributed by atoms with Crippen molar-refractivity contribution in [3.63, 3.8) is 0 Å². The van der Waals surface area contributed by atoms with Gasteiger partial charge in [0, 0.05) is 44.1 Å². The molecule has 0 aliphatic carbocycles. The van der Waals surface area contributed by atoms with Crippen LogP contribution in [0.3, 0.4) is 0 Å². The van der Waals surface area contributed by atoms with Crippen LogP contribution >= 0.6 is 11.8 Å². The first-order chi connectivity index (χ1) is 15.3. The van der Waals surface area contributed by atoms with Gasteiger partial charge in [0.1, 0.15) is 11.9 Å². The Morgan fingerprint density at radius 1 is 1.12 bits per heavy atom. The highest BCUT2D eigenvalue weighted by molar-refractivity contribution is 7.99. The molecule has 0 radical (unpaired) electrons. The number of nitrogens with zero attached hydrogens (tertiary/aromatic N) is 2. The first-order valence-electron chi connectivity index (χ1n) is 11.0. The molecule has 1 saturated heterocycles. The van der Waals surface area contributed by atoms with Crippen LogP contribution in [0.4, 0.5) is 5.69 Å². The summed E-state index contributed by atoms with van der Waals surface area (Å²) in [4.78, 5) is 17.3. The van der Waals surface area contributed by atoms with Gasteiger partial charge in [0.2, 0.25) is 5.91 Å². The molecule has 2 aromatic carbocycles. The van der Waals surface area contributed by atoms with Crippen molar-refractivity contribution in [1.29, 1.82) is 0 Å². The van der Waals surface area contributed by atoms with E-state index in [0.29, 0.717) is 37.8 Å². The van der Waals surface area contributed by atoms with E-state index in [1.807, 2.05) is 41.3 Å². The zero-order valence-corrected chi connectivity index (χ0v) is 20.1. The summed E-state index contributed by atoms with van der Waals surface area (Å²) in [5.74, 6) is 0.473. The molecule has 6 nitrogen and oxygen atoms in total. The maximum atomic E-state index is 12.4. The number of amides is 1. The highest BCUT2D eigenvalue weighted by atomic mass is 32.2. The highest BCUT2D eigenvalue weighted by Crippen LogP contribution is 2.37. The molecule has 32 heavy (non-hydrogen) atoms. The van der Waals surface area contributed by atoms with Crippen molar-refractivity contribution >= 4 is 29.4 Å². The van der Waals surface area contributed by atoms with Gasteiger partial charge in [-0.15, -0.1) is 0 Å². The Bertz CT molecular complexity index is 953. The Balaban J connectivity index is 1.73. The molecule has 1 fully saturated rings. The SMILES string of the molecule is CC(=O)N1CCN(C(O)/C=C/c2ccc(Sc3ccccc3C(C)C)c([NH+](C)[O-])c2)CC1. The fraction of sp³-hybridized carbons (Fsp3) is 0.400. The van der Waals surface area contributed by atoms with Crippen molar-refractivity contribution < 1.29 is 15.0 Å². The van der Waals surface area contributed by atoms with Gasteiger partial charge >= 0.3 is 0 Å². The van der Waals surface area contributed by atoms with Gasteiger partial charge in [-0.05, 0) is 35.3 Å². The molecule has 2 aromatic rings. The minimum Gasteiger partial charge on any atom is -0.629 e. The largest absolute Gasteiger partial charge is 0.629 e. The summed E-state index contributed by atoms with van der Waals surface area (Å²) in [7, 11) is 1.59. The summed E-state index contributed by atoms with van der Waals surface area (Å²) in [6.45, 7) is 8.43. The topological polar surface area (TPSA) is 71.3 Å². The lowest BCUT2D eigenvalue weighted by Crippen LogP contribution is -2.98. The number of benzene rings is 2. The predicted octanol–water partition coefficient (Wildman–Crippen LogP) is 3.10. The Morgan fingerprint density at radius 2 is 1.81 bits per heavy atom. The van der Waals surface area contributed by atoms with Gasteiger partial charge in [0.05, 0.1) is 11.9 Å². The fourth-order valence-electron chi connectivity index (χ4n) is 3.80. The van der Waals surface area contributed by atoms with Gasteiger partial charge < -0.3 is 20.3 Å². The quantitative estimate of drug-likeness (QED) is 0.628. The Labute approximate surface area is 195 Å². The van der Waals surface area contributed by atoms with Crippen LogP contribution in [0.25, 0.3) is 6.08 Å². The maximum absolute atomic E-state index is 12.4. The van der Waals surface area contributed by atoms with Crippen molar-refractivity contribution in [3.8, 4) is 0 Å². The molecule has 1 aliphatic heterocycles. The second-order valence-corrected chi connectivity index (χ2v) is 9.50. The molecule has 0 saturated carbocycles. The number of hydroxylamine groups is 1. The maximum Gasteiger partial charge on any atom is 0.219 e. The van der Waals surface area contributed by atoms with E-state index in [0.717, 1.165) is 15.4 Å². The standard InChI is InChI=1S/C25H33N3O3S/c1-18(2)21-7-5-6-8-23(21)32-24-11-9-20(17-22(24)26(4)31)10-12-25(30)28-15-13-27(14-16-28)19(3)29/h5-12,17-18,25-26,30H,13-16H2,1-4H3/b12-10+. The lowest BCUT2D eigenvalue weighted by atomic mass is 10.0. The molecular formula is C25H33N3O3S. The molecule has 0 bridgehead atoms. The van der Waals surface area contributed by atoms with Gasteiger partial charge in [-0.2, -0.15) is 0 Å². The van der Waals surface area contributed by atoms with E-state index < -0.39 is 6.23 Å². The van der Waals surface area contributed by atoms with Crippen LogP contribution in [0.2, 0.25) is 0 Å². The molecule has 2 atom stereocenters. The number of aliphatic hydroxyl groups is 1. The molecule has 1 aliphatic rings. The molecule has 0 spiro atoms. The molecule has 1 heterocycles. The average Bonchev–Trinajstić information content (AvgIpc) is 2.78. The third-order valence-electron chi connectivity index (χ3n) is 5.74. The summed E-state index contributed by atoms with van der Waals surface area (Å²) in [5, 5.41) is 22.9. The summed E-state index contributed by atoms with van der Waals surface area (Å²) in [5.41, 5.74) is 2.82. The molecule has 1 amide bonds. The summed E-state index contributed by atoms with van der Waals surface area (Å²) in [6, 6.07) is 14.1. The second kappa shape index (κ2) is 11.1. The van der Waals surface area contributed by atoms with E-state index >= 15 is 0 Å². The van der Waals surface area contributed by atoms with E-state index in [2.05, 4.69) is 26.0 Å². The van der Waals surface area contributed by atoms with Crippen LogP contribution in [-0.4, -0.2) is 60.3 Å². The van der Waals surface area contributed by atoms with E-state index in [1.54, 1.807) is 36.7 Å². The van der Waals surface area contributed by atoms with Crippen LogP contribution in [0.5, 0.6) is 0 Å². The minimum absolute atomic E-state index is 0.0191. The van der Waals surface area contributed by atoms with Crippen LogP contribution in [0, 0.1) is 5.21 Å². The van der Waals surface area contributed by atoms with Crippen molar-refractivity contribution in [2.75, 3.05) is 33.2 Å². The first-order valence-corrected chi connectivity index (χ1v) is 11.9. The van der Waals surface area contributed by atoms with Crippen molar-refractivity contribution in [2.45, 2.75) is 42.7 Å². The van der Waals surface area contributed by atoms with Crippen LogP contribution < -0.4 is 5.06 Å². The van der Waals surface area contributed by atoms with Gasteiger partial charge in [-0.3, -0.25) is 9.69 Å². The first kappa shape index (κ1) is 24.5. The number of aliphatic hydroxyl groups excluding tert-OH is 1. The lowest BCUT2D eigenvalue weighted by Gasteiger charge is -2.35. The second-order valence-electron chi connectivity index (χ2n) is 8.42. The number of hydrogen-bond donors (Lipinski definition) is 2. The molecular weight excluding hydrogens is 422 g/mol. The Kier molecular flexibility index (Phi) is 8.51. The summed E-state index contributed by atoms with van der Waals surface area (Å²) >= 11 is 1.62. The average molecular weight is 456 g/mol. The zero-order chi connectivity index (χ0) is 23.3. The number of piperazine rings is 1. The van der Waals surface area contributed by atoms with Crippen LogP contribution in [0.1, 0.15) is 37.8 Å². The van der Waals surface area contributed by atoms with Crippen molar-refractivity contribution in [2.24, 2.45) is 0 Å². The monoisotopic (exact) mass is 455 g/mol. The van der Waals surface area contributed by atoms with Crippen LogP contribution in [0.15, 0.2) is 58.3 Å². The molecule has 7 heteroatoms.